The van der Waals surface area contributed by atoms with Crippen LogP contribution in [-0.2, 0) is 16.6 Å². The van der Waals surface area contributed by atoms with E-state index in [0.717, 1.165) is 0 Å². The van der Waals surface area contributed by atoms with E-state index in [1.54, 1.807) is 55.5 Å². The Morgan fingerprint density at radius 3 is 2.13 bits per heavy atom. The number of rotatable bonds is 9. The van der Waals surface area contributed by atoms with E-state index in [1.807, 2.05) is 0 Å². The molecule has 2 aromatic carbocycles. The van der Waals surface area contributed by atoms with Crippen LogP contribution in [0, 0.1) is 0 Å². The summed E-state index contributed by atoms with van der Waals surface area (Å²) < 4.78 is 48.7. The number of hydrogen-bond acceptors (Lipinski definition) is 7. The Labute approximate surface area is 176 Å². The first-order chi connectivity index (χ1) is 14.4. The fourth-order valence-electron chi connectivity index (χ4n) is 3.03. The van der Waals surface area contributed by atoms with E-state index < -0.39 is 10.0 Å². The summed E-state index contributed by atoms with van der Waals surface area (Å²) >= 11 is 0. The Bertz CT molecular complexity index is 1070. The zero-order chi connectivity index (χ0) is 21.7. The molecule has 0 fully saturated rings. The van der Waals surface area contributed by atoms with Gasteiger partial charge in [-0.05, 0) is 24.3 Å². The van der Waals surface area contributed by atoms with E-state index in [9.17, 15) is 8.42 Å². The third-order valence-corrected chi connectivity index (χ3v) is 6.52. The minimum absolute atomic E-state index is 0.0850. The molecule has 0 aliphatic rings. The molecule has 3 rings (SSSR count). The summed E-state index contributed by atoms with van der Waals surface area (Å²) in [6.07, 6.45) is 0. The zero-order valence-electron chi connectivity index (χ0n) is 17.3. The van der Waals surface area contributed by atoms with E-state index >= 15 is 0 Å². The topological polar surface area (TPSA) is 91.1 Å². The van der Waals surface area contributed by atoms with Gasteiger partial charge in [0.05, 0.1) is 38.5 Å². The fraction of sp³-hybridized carbons (Fsp3) is 0.286. The predicted octanol–water partition coefficient (Wildman–Crippen LogP) is 3.58. The summed E-state index contributed by atoms with van der Waals surface area (Å²) in [5, 5.41) is 4.05. The molecule has 0 atom stereocenters. The lowest BCUT2D eigenvalue weighted by molar-refractivity contribution is 0.324. The van der Waals surface area contributed by atoms with Crippen LogP contribution < -0.4 is 14.2 Å². The molecule has 30 heavy (non-hydrogen) atoms. The molecule has 0 radical (unpaired) electrons. The van der Waals surface area contributed by atoms with Gasteiger partial charge in [-0.15, -0.1) is 0 Å². The van der Waals surface area contributed by atoms with Crippen LogP contribution >= 0.6 is 0 Å². The largest absolute Gasteiger partial charge is 0.493 e. The second-order valence-electron chi connectivity index (χ2n) is 6.34. The molecule has 0 saturated carbocycles. The number of hydrogen-bond donors (Lipinski definition) is 0. The highest BCUT2D eigenvalue weighted by molar-refractivity contribution is 7.89. The van der Waals surface area contributed by atoms with Gasteiger partial charge < -0.3 is 18.7 Å². The van der Waals surface area contributed by atoms with Crippen LogP contribution in [0.15, 0.2) is 57.9 Å². The summed E-state index contributed by atoms with van der Waals surface area (Å²) in [7, 11) is 0.943. The van der Waals surface area contributed by atoms with Crippen molar-refractivity contribution in [3.8, 4) is 28.6 Å². The Kier molecular flexibility index (Phi) is 6.63. The number of aromatic nitrogens is 1. The summed E-state index contributed by atoms with van der Waals surface area (Å²) in [4.78, 5) is 0.236. The van der Waals surface area contributed by atoms with Crippen molar-refractivity contribution in [2.45, 2.75) is 18.4 Å². The average Bonchev–Trinajstić information content (AvgIpc) is 3.25. The Hall–Kier alpha value is -3.04. The first-order valence-corrected chi connectivity index (χ1v) is 10.7. The van der Waals surface area contributed by atoms with E-state index in [1.165, 1.54) is 25.6 Å². The van der Waals surface area contributed by atoms with E-state index in [4.69, 9.17) is 18.7 Å². The molecule has 1 heterocycles. The molecule has 160 valence electrons. The fourth-order valence-corrected chi connectivity index (χ4v) is 4.48. The van der Waals surface area contributed by atoms with Crippen molar-refractivity contribution in [3.05, 3.63) is 54.2 Å². The normalized spacial score (nSPS) is 11.5. The molecular weight excluding hydrogens is 408 g/mol. The molecule has 0 N–H and O–H groups in total. The molecule has 0 unspecified atom stereocenters. The molecule has 9 heteroatoms. The molecular formula is C21H24N2O6S. The smallest absolute Gasteiger partial charge is 0.243 e. The number of methoxy groups -OCH3 is 3. The maximum Gasteiger partial charge on any atom is 0.243 e. The third-order valence-electron chi connectivity index (χ3n) is 4.58. The van der Waals surface area contributed by atoms with E-state index in [-0.39, 0.29) is 11.4 Å². The van der Waals surface area contributed by atoms with E-state index in [0.29, 0.717) is 40.8 Å². The third kappa shape index (κ3) is 4.27. The van der Waals surface area contributed by atoms with Gasteiger partial charge in [0.1, 0.15) is 0 Å². The number of sulfonamides is 1. The summed E-state index contributed by atoms with van der Waals surface area (Å²) in [6, 6.07) is 13.5. The van der Waals surface area contributed by atoms with Crippen LogP contribution in [0.1, 0.15) is 12.6 Å². The minimum atomic E-state index is -3.64. The molecule has 0 spiro atoms. The lowest BCUT2D eigenvalue weighted by Crippen LogP contribution is -2.30. The van der Waals surface area contributed by atoms with Crippen molar-refractivity contribution in [1.29, 1.82) is 0 Å². The summed E-state index contributed by atoms with van der Waals surface area (Å²) in [5.74, 6) is 1.88. The molecule has 0 aliphatic heterocycles. The highest BCUT2D eigenvalue weighted by atomic mass is 32.2. The lowest BCUT2D eigenvalue weighted by atomic mass is 10.1. The second-order valence-corrected chi connectivity index (χ2v) is 8.28. The van der Waals surface area contributed by atoms with Gasteiger partial charge in [-0.2, -0.15) is 4.31 Å². The van der Waals surface area contributed by atoms with Gasteiger partial charge >= 0.3 is 0 Å². The molecule has 8 nitrogen and oxygen atoms in total. The van der Waals surface area contributed by atoms with Crippen molar-refractivity contribution in [2.75, 3.05) is 27.9 Å². The van der Waals surface area contributed by atoms with Crippen molar-refractivity contribution in [3.63, 3.8) is 0 Å². The standard InChI is InChI=1S/C21H24N2O6S/c1-5-23(30(24,25)17-9-7-6-8-10-17)14-16-13-18(29-22-16)15-11-19(26-2)21(28-4)20(12-15)27-3/h6-13H,5,14H2,1-4H3. The Balaban J connectivity index is 1.89. The first kappa shape index (κ1) is 21.7. The van der Waals surface area contributed by atoms with Crippen LogP contribution in [0.25, 0.3) is 11.3 Å². The molecule has 0 aliphatic carbocycles. The minimum Gasteiger partial charge on any atom is -0.493 e. The Morgan fingerprint density at radius 1 is 0.967 bits per heavy atom. The second kappa shape index (κ2) is 9.19. The molecule has 1 aromatic heterocycles. The number of benzene rings is 2. The highest BCUT2D eigenvalue weighted by Gasteiger charge is 2.24. The lowest BCUT2D eigenvalue weighted by Gasteiger charge is -2.19. The summed E-state index contributed by atoms with van der Waals surface area (Å²) in [6.45, 7) is 2.16. The van der Waals surface area contributed by atoms with Gasteiger partial charge in [0, 0.05) is 18.2 Å². The number of ether oxygens (including phenoxy) is 3. The zero-order valence-corrected chi connectivity index (χ0v) is 18.1. The monoisotopic (exact) mass is 432 g/mol. The molecule has 0 saturated heterocycles. The van der Waals surface area contributed by atoms with Gasteiger partial charge in [0.25, 0.3) is 0 Å². The molecule has 0 amide bonds. The van der Waals surface area contributed by atoms with Gasteiger partial charge in [-0.3, -0.25) is 0 Å². The number of nitrogens with zero attached hydrogens (tertiary/aromatic N) is 2. The first-order valence-electron chi connectivity index (χ1n) is 9.25. The van der Waals surface area contributed by atoms with Crippen LogP contribution in [0.4, 0.5) is 0 Å². The van der Waals surface area contributed by atoms with Gasteiger partial charge in [-0.25, -0.2) is 8.42 Å². The Morgan fingerprint density at radius 2 is 1.60 bits per heavy atom. The summed E-state index contributed by atoms with van der Waals surface area (Å²) in [5.41, 5.74) is 1.15. The predicted molar refractivity (Wildman–Crippen MR) is 111 cm³/mol. The molecule has 3 aromatic rings. The SMILES string of the molecule is CCN(Cc1cc(-c2cc(OC)c(OC)c(OC)c2)on1)S(=O)(=O)c1ccccc1. The van der Waals surface area contributed by atoms with E-state index in [2.05, 4.69) is 5.16 Å². The quantitative estimate of drug-likeness (QED) is 0.510. The highest BCUT2D eigenvalue weighted by Crippen LogP contribution is 2.41. The maximum atomic E-state index is 12.9. The van der Waals surface area contributed by atoms with Crippen molar-refractivity contribution >= 4 is 10.0 Å². The van der Waals surface area contributed by atoms with Gasteiger partial charge in [0.2, 0.25) is 15.8 Å². The maximum absolute atomic E-state index is 12.9. The van der Waals surface area contributed by atoms with Crippen molar-refractivity contribution in [1.82, 2.24) is 9.46 Å². The van der Waals surface area contributed by atoms with Crippen molar-refractivity contribution < 1.29 is 27.2 Å². The van der Waals surface area contributed by atoms with Crippen LogP contribution in [0.3, 0.4) is 0 Å². The van der Waals surface area contributed by atoms with Gasteiger partial charge in [-0.1, -0.05) is 30.3 Å². The van der Waals surface area contributed by atoms with Crippen LogP contribution in [0.2, 0.25) is 0 Å². The average molecular weight is 432 g/mol. The van der Waals surface area contributed by atoms with Crippen LogP contribution in [-0.4, -0.2) is 45.8 Å². The molecule has 0 bridgehead atoms. The van der Waals surface area contributed by atoms with Crippen molar-refractivity contribution in [2.24, 2.45) is 0 Å². The van der Waals surface area contributed by atoms with Gasteiger partial charge in [0.15, 0.2) is 17.3 Å². The van der Waals surface area contributed by atoms with Crippen LogP contribution in [0.5, 0.6) is 17.2 Å².